The van der Waals surface area contributed by atoms with Crippen molar-refractivity contribution in [3.8, 4) is 0 Å². The highest BCUT2D eigenvalue weighted by Crippen LogP contribution is 2.50. The fraction of sp³-hybridized carbons (Fsp3) is 0.267. The van der Waals surface area contributed by atoms with Gasteiger partial charge in [-0.2, -0.15) is 4.58 Å². The number of rotatable bonds is 4. The zero-order valence-corrected chi connectivity index (χ0v) is 29.1. The van der Waals surface area contributed by atoms with Crippen LogP contribution in [-0.2, 0) is 10.8 Å². The third-order valence-corrected chi connectivity index (χ3v) is 11.2. The molecule has 0 radical (unpaired) electrons. The van der Waals surface area contributed by atoms with E-state index in [2.05, 4.69) is 171 Å². The number of hydrogen-bond donors (Lipinski definition) is 0. The second-order valence-electron chi connectivity index (χ2n) is 14.8. The van der Waals surface area contributed by atoms with E-state index in [4.69, 9.17) is 0 Å². The van der Waals surface area contributed by atoms with E-state index in [1.54, 1.807) is 0 Å². The lowest BCUT2D eigenvalue weighted by Crippen LogP contribution is -2.27. The smallest absolute Gasteiger partial charge is 0.221 e. The Morgan fingerprint density at radius 3 is 2.21 bits per heavy atom. The Morgan fingerprint density at radius 2 is 1.48 bits per heavy atom. The van der Waals surface area contributed by atoms with Crippen molar-refractivity contribution in [1.82, 2.24) is 0 Å². The van der Waals surface area contributed by atoms with Crippen molar-refractivity contribution in [1.29, 1.82) is 0 Å². The highest BCUT2D eigenvalue weighted by Gasteiger charge is 2.44. The molecule has 0 unspecified atom stereocenters. The maximum Gasteiger partial charge on any atom is 0.221 e. The van der Waals surface area contributed by atoms with E-state index in [9.17, 15) is 0 Å². The maximum atomic E-state index is 3.56. The molecule has 1 aliphatic carbocycles. The van der Waals surface area contributed by atoms with Gasteiger partial charge < -0.3 is 4.90 Å². The van der Waals surface area contributed by atoms with Crippen LogP contribution in [0.4, 0.5) is 11.4 Å². The molecule has 0 amide bonds. The third-order valence-electron chi connectivity index (χ3n) is 11.2. The largest absolute Gasteiger partial charge is 0.347 e. The molecule has 0 atom stereocenters. The molecule has 3 nitrogen and oxygen atoms in total. The SMILES string of the molecule is CN1/C(=C/C=C2\CCCC(/C=C/C3=[N+](C)c4ccc5ccccc5c4C3(C)C)=C2[N+]2=C=CC=CC2)C(C)(C)c2c1ccc1ccccc21. The molecule has 4 aliphatic rings. The summed E-state index contributed by atoms with van der Waals surface area (Å²) < 4.78 is 4.73. The molecule has 4 aromatic rings. The molecule has 0 N–H and O–H groups in total. The first-order chi connectivity index (χ1) is 23.2. The molecule has 0 aromatic heterocycles. The van der Waals surface area contributed by atoms with Gasteiger partial charge >= 0.3 is 0 Å². The van der Waals surface area contributed by atoms with Crippen LogP contribution < -0.4 is 4.90 Å². The van der Waals surface area contributed by atoms with Gasteiger partial charge in [-0.1, -0.05) is 74.5 Å². The molecule has 8 rings (SSSR count). The molecular weight excluding hydrogens is 583 g/mol. The van der Waals surface area contributed by atoms with E-state index in [0.29, 0.717) is 0 Å². The van der Waals surface area contributed by atoms with Crippen molar-refractivity contribution in [2.75, 3.05) is 25.5 Å². The summed E-state index contributed by atoms with van der Waals surface area (Å²) in [5.74, 6) is 3.56. The number of anilines is 1. The third kappa shape index (κ3) is 4.64. The van der Waals surface area contributed by atoms with Gasteiger partial charge in [-0.05, 0) is 96.7 Å². The van der Waals surface area contributed by atoms with E-state index in [1.807, 2.05) is 6.08 Å². The standard InChI is InChI=1S/C45H45N3/c1-44(2)39(46(5)37-25-21-31-15-8-10-19-35(31)41(37)44)27-23-33-17-14-18-34(43(33)48-29-12-7-13-30-48)24-28-40-45(3,4)42-36-20-11-9-16-32(36)22-26-38(42)47(40)6/h7-13,15-16,19-28H,14,17-18,29H2,1-6H3/q+2. The van der Waals surface area contributed by atoms with E-state index in [-0.39, 0.29) is 10.8 Å². The van der Waals surface area contributed by atoms with Crippen molar-refractivity contribution >= 4 is 44.5 Å². The monoisotopic (exact) mass is 627 g/mol. The molecule has 0 bridgehead atoms. The second-order valence-corrected chi connectivity index (χ2v) is 14.8. The van der Waals surface area contributed by atoms with E-state index in [0.717, 1.165) is 25.8 Å². The predicted octanol–water partition coefficient (Wildman–Crippen LogP) is 10.0. The normalized spacial score (nSPS) is 21.4. The first kappa shape index (κ1) is 30.4. The first-order valence-electron chi connectivity index (χ1n) is 17.4. The average molecular weight is 628 g/mol. The summed E-state index contributed by atoms with van der Waals surface area (Å²) in [6, 6.07) is 26.7. The Morgan fingerprint density at radius 1 is 0.771 bits per heavy atom. The van der Waals surface area contributed by atoms with Gasteiger partial charge in [0.2, 0.25) is 11.4 Å². The van der Waals surface area contributed by atoms with Gasteiger partial charge in [0, 0.05) is 58.8 Å². The molecule has 3 heteroatoms. The van der Waals surface area contributed by atoms with Crippen molar-refractivity contribution < 1.29 is 9.15 Å². The minimum atomic E-state index is -0.113. The molecule has 238 valence electrons. The van der Waals surface area contributed by atoms with Crippen LogP contribution in [0.2, 0.25) is 0 Å². The van der Waals surface area contributed by atoms with Gasteiger partial charge in [-0.25, -0.2) is 0 Å². The quantitative estimate of drug-likeness (QED) is 0.205. The van der Waals surface area contributed by atoms with Crippen molar-refractivity contribution in [3.05, 3.63) is 149 Å². The van der Waals surface area contributed by atoms with Gasteiger partial charge in [-0.3, -0.25) is 0 Å². The second kappa shape index (κ2) is 11.3. The Hall–Kier alpha value is -4.98. The van der Waals surface area contributed by atoms with E-state index in [1.165, 1.54) is 72.3 Å². The number of hydrogen-bond acceptors (Lipinski definition) is 1. The minimum absolute atomic E-state index is 0.113. The highest BCUT2D eigenvalue weighted by atomic mass is 15.2. The summed E-state index contributed by atoms with van der Waals surface area (Å²) in [5.41, 5.74) is 11.9. The summed E-state index contributed by atoms with van der Waals surface area (Å²) in [4.78, 5) is 2.40. The molecule has 4 aromatic carbocycles. The maximum absolute atomic E-state index is 3.56. The van der Waals surface area contributed by atoms with Crippen LogP contribution in [0, 0.1) is 0 Å². The molecule has 0 spiro atoms. The molecule has 3 heterocycles. The lowest BCUT2D eigenvalue weighted by atomic mass is 9.78. The topological polar surface area (TPSA) is 9.26 Å². The van der Waals surface area contributed by atoms with Crippen molar-refractivity contribution in [2.24, 2.45) is 0 Å². The van der Waals surface area contributed by atoms with Crippen LogP contribution in [-0.4, -0.2) is 41.4 Å². The number of benzene rings is 4. The van der Waals surface area contributed by atoms with Crippen LogP contribution in [0.3, 0.4) is 0 Å². The zero-order chi connectivity index (χ0) is 33.2. The highest BCUT2D eigenvalue weighted by molar-refractivity contribution is 6.07. The van der Waals surface area contributed by atoms with Crippen LogP contribution in [0.5, 0.6) is 0 Å². The van der Waals surface area contributed by atoms with Gasteiger partial charge in [0.15, 0.2) is 18.1 Å². The molecule has 0 saturated carbocycles. The lowest BCUT2D eigenvalue weighted by molar-refractivity contribution is -0.457. The van der Waals surface area contributed by atoms with Crippen molar-refractivity contribution in [3.63, 3.8) is 0 Å². The fourth-order valence-electron chi connectivity index (χ4n) is 8.91. The fourth-order valence-corrected chi connectivity index (χ4v) is 8.91. The first-order valence-corrected chi connectivity index (χ1v) is 17.4. The van der Waals surface area contributed by atoms with Crippen LogP contribution in [0.1, 0.15) is 58.1 Å². The summed E-state index contributed by atoms with van der Waals surface area (Å²) in [6.45, 7) is 10.3. The number of likely N-dealkylation sites (N-methyl/N-ethyl adjacent to an activating group) is 1. The van der Waals surface area contributed by atoms with Crippen LogP contribution in [0.15, 0.2) is 138 Å². The molecule has 3 aliphatic heterocycles. The van der Waals surface area contributed by atoms with E-state index >= 15 is 0 Å². The Bertz CT molecular complexity index is 2290. The molecule has 0 fully saturated rings. The van der Waals surface area contributed by atoms with E-state index < -0.39 is 0 Å². The Balaban J connectivity index is 1.22. The average Bonchev–Trinajstić information content (AvgIpc) is 3.43. The lowest BCUT2D eigenvalue weighted by Gasteiger charge is -2.24. The summed E-state index contributed by atoms with van der Waals surface area (Å²) >= 11 is 0. The van der Waals surface area contributed by atoms with Gasteiger partial charge in [0.25, 0.3) is 0 Å². The summed E-state index contributed by atoms with van der Waals surface area (Å²) in [7, 11) is 4.45. The summed E-state index contributed by atoms with van der Waals surface area (Å²) in [6.07, 6.45) is 19.2. The van der Waals surface area contributed by atoms with Gasteiger partial charge in [0.05, 0.1) is 5.41 Å². The van der Waals surface area contributed by atoms with Crippen molar-refractivity contribution in [2.45, 2.75) is 57.8 Å². The minimum Gasteiger partial charge on any atom is -0.347 e. The molecule has 0 saturated heterocycles. The molecular formula is C45H45N3+2. The Labute approximate surface area is 285 Å². The number of nitrogens with zero attached hydrogens (tertiary/aromatic N) is 3. The van der Waals surface area contributed by atoms with Crippen LogP contribution in [0.25, 0.3) is 21.5 Å². The predicted molar refractivity (Wildman–Crippen MR) is 203 cm³/mol. The van der Waals surface area contributed by atoms with Crippen LogP contribution >= 0.6 is 0 Å². The van der Waals surface area contributed by atoms with Gasteiger partial charge in [0.1, 0.15) is 7.05 Å². The number of allylic oxidation sites excluding steroid dienone is 9. The summed E-state index contributed by atoms with van der Waals surface area (Å²) in [5, 5.41) is 5.30. The number of fused-ring (bicyclic) bond motifs is 6. The molecule has 48 heavy (non-hydrogen) atoms. The van der Waals surface area contributed by atoms with Gasteiger partial charge in [-0.15, -0.1) is 4.58 Å². The Kier molecular flexibility index (Phi) is 7.16. The zero-order valence-electron chi connectivity index (χ0n) is 29.1.